The van der Waals surface area contributed by atoms with Crippen molar-refractivity contribution in [3.63, 3.8) is 0 Å². The summed E-state index contributed by atoms with van der Waals surface area (Å²) in [5.41, 5.74) is -4.80. The van der Waals surface area contributed by atoms with E-state index < -0.39 is 34.9 Å². The molecule has 10 heteroatoms. The number of carbonyl (C=O) groups excluding carboxylic acids is 2. The standard InChI is InChI=1S/C19H23F3N2O5/c1-6-28-15(25)18(19(20,21)22,24-16(26)29-17(2,3)4)13-10-23-14-8-7-11(27-5)9-12(13)14/h7-10,23H,6H2,1-5H3,(H,24,26)/t18-/m1/s1. The van der Waals surface area contributed by atoms with Crippen molar-refractivity contribution in [1.29, 1.82) is 0 Å². The third-order valence-electron chi connectivity index (χ3n) is 3.99. The zero-order chi connectivity index (χ0) is 22.0. The number of amides is 1. The SMILES string of the molecule is CCOC(=O)[C@](NC(=O)OC(C)(C)C)(c1c[nH]c2ccc(OC)cc12)C(F)(F)F. The molecule has 0 spiro atoms. The molecule has 1 atom stereocenters. The summed E-state index contributed by atoms with van der Waals surface area (Å²) in [5.74, 6) is -1.40. The number of benzene rings is 1. The van der Waals surface area contributed by atoms with Crippen molar-refractivity contribution in [3.05, 3.63) is 30.0 Å². The van der Waals surface area contributed by atoms with Gasteiger partial charge in [0.15, 0.2) is 0 Å². The smallest absolute Gasteiger partial charge is 0.427 e. The number of alkyl halides is 3. The van der Waals surface area contributed by atoms with E-state index >= 15 is 0 Å². The number of ether oxygens (including phenoxy) is 3. The summed E-state index contributed by atoms with van der Waals surface area (Å²) in [6.45, 7) is 5.51. The van der Waals surface area contributed by atoms with Gasteiger partial charge in [-0.05, 0) is 45.9 Å². The molecule has 7 nitrogen and oxygen atoms in total. The molecular weight excluding hydrogens is 393 g/mol. The fourth-order valence-corrected chi connectivity index (χ4v) is 2.80. The fraction of sp³-hybridized carbons (Fsp3) is 0.474. The lowest BCUT2D eigenvalue weighted by atomic mass is 9.88. The Morgan fingerprint density at radius 1 is 1.17 bits per heavy atom. The number of alkyl carbamates (subject to hydrolysis) is 1. The summed E-state index contributed by atoms with van der Waals surface area (Å²) in [4.78, 5) is 27.6. The Morgan fingerprint density at radius 3 is 2.34 bits per heavy atom. The molecule has 0 radical (unpaired) electrons. The molecule has 0 unspecified atom stereocenters. The molecule has 2 aromatic rings. The summed E-state index contributed by atoms with van der Waals surface area (Å²) >= 11 is 0. The van der Waals surface area contributed by atoms with Gasteiger partial charge >= 0.3 is 18.2 Å². The molecule has 0 aliphatic rings. The zero-order valence-electron chi connectivity index (χ0n) is 16.7. The lowest BCUT2D eigenvalue weighted by molar-refractivity contribution is -0.215. The van der Waals surface area contributed by atoms with Crippen LogP contribution in [0.25, 0.3) is 10.9 Å². The molecule has 0 bridgehead atoms. The molecule has 0 saturated carbocycles. The summed E-state index contributed by atoms with van der Waals surface area (Å²) in [6, 6.07) is 4.37. The quantitative estimate of drug-likeness (QED) is 0.719. The second-order valence-electron chi connectivity index (χ2n) is 7.21. The number of aromatic amines is 1. The summed E-state index contributed by atoms with van der Waals surface area (Å²) in [7, 11) is 1.36. The average molecular weight is 416 g/mol. The van der Waals surface area contributed by atoms with Gasteiger partial charge in [-0.15, -0.1) is 0 Å². The van der Waals surface area contributed by atoms with Crippen molar-refractivity contribution in [2.45, 2.75) is 45.0 Å². The Hall–Kier alpha value is -2.91. The van der Waals surface area contributed by atoms with Gasteiger partial charge in [-0.2, -0.15) is 13.2 Å². The van der Waals surface area contributed by atoms with Crippen LogP contribution in [-0.2, 0) is 19.8 Å². The second kappa shape index (κ2) is 7.84. The van der Waals surface area contributed by atoms with Gasteiger partial charge in [-0.3, -0.25) is 5.32 Å². The van der Waals surface area contributed by atoms with Crippen LogP contribution in [0, 0.1) is 0 Å². The van der Waals surface area contributed by atoms with Crippen LogP contribution in [0.5, 0.6) is 5.75 Å². The number of nitrogens with one attached hydrogen (secondary N) is 2. The normalized spacial score (nSPS) is 14.2. The third-order valence-corrected chi connectivity index (χ3v) is 3.99. The minimum absolute atomic E-state index is 0.0331. The topological polar surface area (TPSA) is 89.6 Å². The molecule has 0 fully saturated rings. The second-order valence-corrected chi connectivity index (χ2v) is 7.21. The molecule has 1 aromatic carbocycles. The Morgan fingerprint density at radius 2 is 1.83 bits per heavy atom. The number of fused-ring (bicyclic) bond motifs is 1. The molecule has 160 valence electrons. The number of carbonyl (C=O) groups is 2. The first-order valence-corrected chi connectivity index (χ1v) is 8.76. The van der Waals surface area contributed by atoms with Crippen LogP contribution in [0.1, 0.15) is 33.3 Å². The molecule has 2 N–H and O–H groups in total. The van der Waals surface area contributed by atoms with Crippen LogP contribution in [0.4, 0.5) is 18.0 Å². The number of H-pyrrole nitrogens is 1. The molecular formula is C19H23F3N2O5. The van der Waals surface area contributed by atoms with Crippen molar-refractivity contribution in [1.82, 2.24) is 10.3 Å². The maximum Gasteiger partial charge on any atom is 0.427 e. The van der Waals surface area contributed by atoms with E-state index in [4.69, 9.17) is 14.2 Å². The molecule has 0 saturated heterocycles. The van der Waals surface area contributed by atoms with E-state index in [2.05, 4.69) is 4.98 Å². The van der Waals surface area contributed by atoms with Gasteiger partial charge < -0.3 is 19.2 Å². The van der Waals surface area contributed by atoms with E-state index in [9.17, 15) is 22.8 Å². The highest BCUT2D eigenvalue weighted by molar-refractivity contribution is 5.96. The van der Waals surface area contributed by atoms with E-state index in [1.807, 2.05) is 0 Å². The first-order valence-electron chi connectivity index (χ1n) is 8.76. The minimum atomic E-state index is -5.24. The largest absolute Gasteiger partial charge is 0.497 e. The van der Waals surface area contributed by atoms with Crippen molar-refractivity contribution >= 4 is 23.0 Å². The van der Waals surface area contributed by atoms with Crippen molar-refractivity contribution in [3.8, 4) is 5.75 Å². The predicted molar refractivity (Wildman–Crippen MR) is 98.6 cm³/mol. The number of methoxy groups -OCH3 is 1. The van der Waals surface area contributed by atoms with Gasteiger partial charge in [0.1, 0.15) is 11.4 Å². The molecule has 1 aromatic heterocycles. The Balaban J connectivity index is 2.75. The number of hydrogen-bond acceptors (Lipinski definition) is 5. The number of aromatic nitrogens is 1. The summed E-state index contributed by atoms with van der Waals surface area (Å²) in [6.07, 6.45) is -5.65. The molecule has 1 amide bonds. The van der Waals surface area contributed by atoms with Gasteiger partial charge in [0.25, 0.3) is 5.54 Å². The summed E-state index contributed by atoms with van der Waals surface area (Å²) < 4.78 is 58.0. The minimum Gasteiger partial charge on any atom is -0.497 e. The first-order chi connectivity index (χ1) is 13.4. The van der Waals surface area contributed by atoms with Crippen LogP contribution in [0.3, 0.4) is 0 Å². The summed E-state index contributed by atoms with van der Waals surface area (Å²) in [5, 5.41) is 1.76. The first kappa shape index (κ1) is 22.4. The van der Waals surface area contributed by atoms with Crippen LogP contribution in [-0.4, -0.2) is 42.5 Å². The maximum atomic E-state index is 14.4. The van der Waals surface area contributed by atoms with Gasteiger partial charge in [-0.25, -0.2) is 9.59 Å². The fourth-order valence-electron chi connectivity index (χ4n) is 2.80. The number of hydrogen-bond donors (Lipinski definition) is 2. The predicted octanol–water partition coefficient (Wildman–Crippen LogP) is 4.02. The molecule has 2 rings (SSSR count). The molecule has 1 heterocycles. The van der Waals surface area contributed by atoms with Crippen molar-refractivity contribution in [2.75, 3.05) is 13.7 Å². The number of esters is 1. The van der Waals surface area contributed by atoms with Crippen molar-refractivity contribution in [2.24, 2.45) is 0 Å². The maximum absolute atomic E-state index is 14.4. The van der Waals surface area contributed by atoms with Crippen LogP contribution in [0.2, 0.25) is 0 Å². The highest BCUT2D eigenvalue weighted by Gasteiger charge is 2.65. The van der Waals surface area contributed by atoms with E-state index in [-0.39, 0.29) is 17.7 Å². The van der Waals surface area contributed by atoms with Crippen LogP contribution >= 0.6 is 0 Å². The lowest BCUT2D eigenvalue weighted by Gasteiger charge is -2.34. The van der Waals surface area contributed by atoms with Crippen molar-refractivity contribution < 1.29 is 37.0 Å². The van der Waals surface area contributed by atoms with Gasteiger partial charge in [-0.1, -0.05) is 0 Å². The Labute approximate surface area is 165 Å². The van der Waals surface area contributed by atoms with Gasteiger partial charge in [0.2, 0.25) is 0 Å². The highest BCUT2D eigenvalue weighted by atomic mass is 19.4. The van der Waals surface area contributed by atoms with E-state index in [0.29, 0.717) is 5.52 Å². The molecule has 0 aliphatic carbocycles. The molecule has 0 aliphatic heterocycles. The average Bonchev–Trinajstić information content (AvgIpc) is 3.00. The number of halogens is 3. The van der Waals surface area contributed by atoms with E-state index in [1.54, 1.807) is 11.4 Å². The van der Waals surface area contributed by atoms with Crippen LogP contribution in [0.15, 0.2) is 24.4 Å². The molecule has 29 heavy (non-hydrogen) atoms. The number of rotatable bonds is 5. The third kappa shape index (κ3) is 4.41. The highest BCUT2D eigenvalue weighted by Crippen LogP contribution is 2.44. The van der Waals surface area contributed by atoms with Gasteiger partial charge in [0.05, 0.1) is 13.7 Å². The zero-order valence-corrected chi connectivity index (χ0v) is 16.7. The Bertz CT molecular complexity index is 901. The monoisotopic (exact) mass is 416 g/mol. The Kier molecular flexibility index (Phi) is 6.05. The lowest BCUT2D eigenvalue weighted by Crippen LogP contribution is -2.62. The van der Waals surface area contributed by atoms with Gasteiger partial charge in [0, 0.05) is 22.7 Å². The van der Waals surface area contributed by atoms with Crippen LogP contribution < -0.4 is 10.1 Å². The van der Waals surface area contributed by atoms with E-state index in [1.165, 1.54) is 46.9 Å². The van der Waals surface area contributed by atoms with E-state index in [0.717, 1.165) is 6.20 Å².